The zero-order chi connectivity index (χ0) is 12.1. The SMILES string of the molecule is CC(O)C(C)CCc1ccccc1[N+](=O)[O-]. The smallest absolute Gasteiger partial charge is 0.272 e. The molecule has 1 aromatic carbocycles. The van der Waals surface area contributed by atoms with Crippen molar-refractivity contribution in [2.24, 2.45) is 5.92 Å². The Kier molecular flexibility index (Phi) is 4.43. The predicted molar refractivity (Wildman–Crippen MR) is 62.3 cm³/mol. The molecule has 1 rings (SSSR count). The van der Waals surface area contributed by atoms with Crippen LogP contribution in [-0.2, 0) is 6.42 Å². The maximum atomic E-state index is 10.8. The molecule has 0 aromatic heterocycles. The number of aliphatic hydroxyl groups excluding tert-OH is 1. The molecule has 0 saturated heterocycles. The maximum absolute atomic E-state index is 10.8. The Morgan fingerprint density at radius 3 is 2.56 bits per heavy atom. The molecule has 88 valence electrons. The molecule has 2 atom stereocenters. The standard InChI is InChI=1S/C12H17NO3/c1-9(10(2)14)7-8-11-5-3-4-6-12(11)13(15)16/h3-6,9-10,14H,7-8H2,1-2H3. The van der Waals surface area contributed by atoms with Gasteiger partial charge < -0.3 is 5.11 Å². The third-order valence-corrected chi connectivity index (χ3v) is 2.88. The van der Waals surface area contributed by atoms with Crippen molar-refractivity contribution >= 4 is 5.69 Å². The summed E-state index contributed by atoms with van der Waals surface area (Å²) in [5, 5.41) is 20.1. The fourth-order valence-corrected chi connectivity index (χ4v) is 1.52. The number of nitro benzene ring substituents is 1. The largest absolute Gasteiger partial charge is 0.393 e. The van der Waals surface area contributed by atoms with Crippen LogP contribution in [0.4, 0.5) is 5.69 Å². The maximum Gasteiger partial charge on any atom is 0.272 e. The molecule has 1 aromatic rings. The van der Waals surface area contributed by atoms with Gasteiger partial charge >= 0.3 is 0 Å². The van der Waals surface area contributed by atoms with Gasteiger partial charge in [0.1, 0.15) is 0 Å². The highest BCUT2D eigenvalue weighted by Crippen LogP contribution is 2.21. The number of rotatable bonds is 5. The van der Waals surface area contributed by atoms with Crippen molar-refractivity contribution in [2.75, 3.05) is 0 Å². The van der Waals surface area contributed by atoms with Gasteiger partial charge in [0, 0.05) is 11.6 Å². The van der Waals surface area contributed by atoms with E-state index in [1.54, 1.807) is 25.1 Å². The highest BCUT2D eigenvalue weighted by atomic mass is 16.6. The molecule has 4 heteroatoms. The first-order valence-electron chi connectivity index (χ1n) is 5.42. The van der Waals surface area contributed by atoms with E-state index in [0.29, 0.717) is 6.42 Å². The minimum absolute atomic E-state index is 0.153. The third-order valence-electron chi connectivity index (χ3n) is 2.88. The average Bonchev–Trinajstić information content (AvgIpc) is 2.25. The van der Waals surface area contributed by atoms with Gasteiger partial charge in [0.2, 0.25) is 0 Å². The summed E-state index contributed by atoms with van der Waals surface area (Å²) in [5.74, 6) is 0.153. The van der Waals surface area contributed by atoms with Crippen LogP contribution >= 0.6 is 0 Å². The van der Waals surface area contributed by atoms with E-state index in [9.17, 15) is 15.2 Å². The molecule has 0 aliphatic carbocycles. The zero-order valence-corrected chi connectivity index (χ0v) is 9.59. The topological polar surface area (TPSA) is 63.4 Å². The number of para-hydroxylation sites is 1. The minimum Gasteiger partial charge on any atom is -0.393 e. The Balaban J connectivity index is 2.70. The first kappa shape index (κ1) is 12.6. The van der Waals surface area contributed by atoms with Crippen molar-refractivity contribution in [3.8, 4) is 0 Å². The van der Waals surface area contributed by atoms with Crippen LogP contribution in [0.1, 0.15) is 25.8 Å². The first-order valence-corrected chi connectivity index (χ1v) is 5.42. The van der Waals surface area contributed by atoms with Gasteiger partial charge in [-0.15, -0.1) is 0 Å². The van der Waals surface area contributed by atoms with E-state index in [0.717, 1.165) is 12.0 Å². The van der Waals surface area contributed by atoms with Crippen LogP contribution in [-0.4, -0.2) is 16.1 Å². The van der Waals surface area contributed by atoms with E-state index in [1.807, 2.05) is 6.92 Å². The number of nitro groups is 1. The summed E-state index contributed by atoms with van der Waals surface area (Å²) in [6.07, 6.45) is 1.01. The van der Waals surface area contributed by atoms with Crippen LogP contribution in [0.3, 0.4) is 0 Å². The molecule has 0 aliphatic rings. The molecule has 0 fully saturated rings. The van der Waals surface area contributed by atoms with Crippen molar-refractivity contribution in [1.29, 1.82) is 0 Å². The predicted octanol–water partition coefficient (Wildman–Crippen LogP) is 2.54. The fraction of sp³-hybridized carbons (Fsp3) is 0.500. The van der Waals surface area contributed by atoms with E-state index in [2.05, 4.69) is 0 Å². The molecule has 0 spiro atoms. The number of aryl methyl sites for hydroxylation is 1. The van der Waals surface area contributed by atoms with Crippen molar-refractivity contribution in [3.63, 3.8) is 0 Å². The van der Waals surface area contributed by atoms with E-state index in [-0.39, 0.29) is 22.6 Å². The van der Waals surface area contributed by atoms with Crippen LogP contribution in [0.2, 0.25) is 0 Å². The van der Waals surface area contributed by atoms with Crippen LogP contribution in [0.15, 0.2) is 24.3 Å². The molecule has 4 nitrogen and oxygen atoms in total. The van der Waals surface area contributed by atoms with Crippen molar-refractivity contribution < 1.29 is 10.0 Å². The Morgan fingerprint density at radius 2 is 2.00 bits per heavy atom. The lowest BCUT2D eigenvalue weighted by Gasteiger charge is -2.13. The molecule has 0 amide bonds. The number of nitrogens with zero attached hydrogens (tertiary/aromatic N) is 1. The van der Waals surface area contributed by atoms with Gasteiger partial charge in [-0.3, -0.25) is 10.1 Å². The number of benzene rings is 1. The van der Waals surface area contributed by atoms with E-state index < -0.39 is 0 Å². The van der Waals surface area contributed by atoms with E-state index >= 15 is 0 Å². The van der Waals surface area contributed by atoms with Gasteiger partial charge in [0.15, 0.2) is 0 Å². The van der Waals surface area contributed by atoms with Gasteiger partial charge in [-0.25, -0.2) is 0 Å². The summed E-state index contributed by atoms with van der Waals surface area (Å²) < 4.78 is 0. The number of aliphatic hydroxyl groups is 1. The molecular formula is C12H17NO3. The molecule has 2 unspecified atom stereocenters. The molecule has 0 saturated carbocycles. The quantitative estimate of drug-likeness (QED) is 0.616. The minimum atomic E-state index is -0.372. The average molecular weight is 223 g/mol. The molecule has 0 radical (unpaired) electrons. The lowest BCUT2D eigenvalue weighted by molar-refractivity contribution is -0.385. The summed E-state index contributed by atoms with van der Waals surface area (Å²) in [6, 6.07) is 6.75. The van der Waals surface area contributed by atoms with Crippen LogP contribution < -0.4 is 0 Å². The van der Waals surface area contributed by atoms with Crippen LogP contribution in [0, 0.1) is 16.0 Å². The van der Waals surface area contributed by atoms with Gasteiger partial charge in [0.25, 0.3) is 5.69 Å². The Morgan fingerprint density at radius 1 is 1.38 bits per heavy atom. The molecule has 1 N–H and O–H groups in total. The number of hydrogen-bond donors (Lipinski definition) is 1. The van der Waals surface area contributed by atoms with E-state index in [1.165, 1.54) is 6.07 Å². The highest BCUT2D eigenvalue weighted by molar-refractivity contribution is 5.39. The van der Waals surface area contributed by atoms with E-state index in [4.69, 9.17) is 0 Å². The van der Waals surface area contributed by atoms with Gasteiger partial charge in [0.05, 0.1) is 11.0 Å². The Labute approximate surface area is 95.1 Å². The highest BCUT2D eigenvalue weighted by Gasteiger charge is 2.14. The molecule has 16 heavy (non-hydrogen) atoms. The van der Waals surface area contributed by atoms with Crippen molar-refractivity contribution in [1.82, 2.24) is 0 Å². The molecule has 0 aliphatic heterocycles. The molecular weight excluding hydrogens is 206 g/mol. The third kappa shape index (κ3) is 3.31. The summed E-state index contributed by atoms with van der Waals surface area (Å²) in [6.45, 7) is 3.68. The first-order chi connectivity index (χ1) is 7.52. The van der Waals surface area contributed by atoms with Gasteiger partial charge in [-0.1, -0.05) is 25.1 Å². The lowest BCUT2D eigenvalue weighted by Crippen LogP contribution is -2.13. The van der Waals surface area contributed by atoms with Crippen LogP contribution in [0.25, 0.3) is 0 Å². The number of hydrogen-bond acceptors (Lipinski definition) is 3. The van der Waals surface area contributed by atoms with Gasteiger partial charge in [-0.2, -0.15) is 0 Å². The second kappa shape index (κ2) is 5.61. The summed E-state index contributed by atoms with van der Waals surface area (Å²) >= 11 is 0. The van der Waals surface area contributed by atoms with Crippen molar-refractivity contribution in [2.45, 2.75) is 32.8 Å². The summed E-state index contributed by atoms with van der Waals surface area (Å²) in [7, 11) is 0. The Hall–Kier alpha value is -1.42. The summed E-state index contributed by atoms with van der Waals surface area (Å²) in [5.41, 5.74) is 0.903. The van der Waals surface area contributed by atoms with Crippen LogP contribution in [0.5, 0.6) is 0 Å². The second-order valence-corrected chi connectivity index (χ2v) is 4.14. The Bertz CT molecular complexity index is 363. The normalized spacial score (nSPS) is 14.4. The summed E-state index contributed by atoms with van der Waals surface area (Å²) in [4.78, 5) is 10.4. The molecule has 0 bridgehead atoms. The van der Waals surface area contributed by atoms with Gasteiger partial charge in [-0.05, 0) is 25.7 Å². The lowest BCUT2D eigenvalue weighted by atomic mass is 9.96. The zero-order valence-electron chi connectivity index (χ0n) is 9.59. The fourth-order valence-electron chi connectivity index (χ4n) is 1.52. The second-order valence-electron chi connectivity index (χ2n) is 4.14. The monoisotopic (exact) mass is 223 g/mol. The molecule has 0 heterocycles. The van der Waals surface area contributed by atoms with Crippen molar-refractivity contribution in [3.05, 3.63) is 39.9 Å².